The van der Waals surface area contributed by atoms with Crippen LogP contribution in [0.5, 0.6) is 5.88 Å². The number of hydrogen-bond acceptors (Lipinski definition) is 7. The Balaban J connectivity index is 1.01. The Kier molecular flexibility index (Phi) is 12.1. The van der Waals surface area contributed by atoms with Crippen molar-refractivity contribution in [2.24, 2.45) is 5.92 Å². The van der Waals surface area contributed by atoms with Gasteiger partial charge in [0, 0.05) is 32.0 Å². The number of amides is 1. The van der Waals surface area contributed by atoms with Crippen LogP contribution in [0.15, 0.2) is 97.2 Å². The number of hydrogen-bond donors (Lipinski definition) is 0. The SMILES string of the molecule is CC1(C)C(=O)N(c2ccc(C#N)c(C(F)(F)F)c2)C(=S)N1Cc1ccc(OCCN2CCC(CO[Si](c3ccccc3)(c3ccccc3)C(C)(C)C)CC2)nc1. The van der Waals surface area contributed by atoms with Crippen molar-refractivity contribution in [3.63, 3.8) is 0 Å². The molecule has 0 aliphatic carbocycles. The maximum absolute atomic E-state index is 13.7. The first kappa shape index (κ1) is 41.0. The van der Waals surface area contributed by atoms with E-state index >= 15 is 0 Å². The minimum atomic E-state index is -4.77. The van der Waals surface area contributed by atoms with Crippen molar-refractivity contribution in [1.82, 2.24) is 14.8 Å². The molecule has 2 fully saturated rings. The lowest BCUT2D eigenvalue weighted by Crippen LogP contribution is -2.67. The Morgan fingerprint density at radius 1 is 0.946 bits per heavy atom. The molecule has 0 bridgehead atoms. The smallest absolute Gasteiger partial charge is 0.417 e. The van der Waals surface area contributed by atoms with E-state index in [-0.39, 0.29) is 22.4 Å². The molecule has 2 saturated heterocycles. The van der Waals surface area contributed by atoms with Gasteiger partial charge >= 0.3 is 6.18 Å². The summed E-state index contributed by atoms with van der Waals surface area (Å²) in [7, 11) is -2.57. The normalized spacial score (nSPS) is 17.0. The van der Waals surface area contributed by atoms with Crippen molar-refractivity contribution >= 4 is 47.6 Å². The zero-order valence-electron chi connectivity index (χ0n) is 32.5. The Labute approximate surface area is 334 Å². The van der Waals surface area contributed by atoms with Gasteiger partial charge in [-0.3, -0.25) is 14.6 Å². The largest absolute Gasteiger partial charge is 0.476 e. The van der Waals surface area contributed by atoms with E-state index in [1.165, 1.54) is 16.4 Å². The van der Waals surface area contributed by atoms with Crippen LogP contribution < -0.4 is 20.0 Å². The predicted octanol–water partition coefficient (Wildman–Crippen LogP) is 7.55. The van der Waals surface area contributed by atoms with Gasteiger partial charge in [-0.25, -0.2) is 4.98 Å². The topological polar surface area (TPSA) is 81.9 Å². The van der Waals surface area contributed by atoms with E-state index in [1.54, 1.807) is 37.1 Å². The molecule has 3 heterocycles. The number of halogens is 3. The molecular weight excluding hydrogens is 752 g/mol. The molecule has 3 aromatic carbocycles. The predicted molar refractivity (Wildman–Crippen MR) is 218 cm³/mol. The van der Waals surface area contributed by atoms with Crippen molar-refractivity contribution in [3.8, 4) is 11.9 Å². The fourth-order valence-electron chi connectivity index (χ4n) is 7.76. The molecule has 0 radical (unpaired) electrons. The van der Waals surface area contributed by atoms with E-state index < -0.39 is 37.1 Å². The van der Waals surface area contributed by atoms with E-state index in [4.69, 9.17) is 21.4 Å². The highest BCUT2D eigenvalue weighted by Gasteiger charge is 2.51. The van der Waals surface area contributed by atoms with Crippen molar-refractivity contribution in [2.45, 2.75) is 70.8 Å². The molecule has 0 N–H and O–H groups in total. The minimum Gasteiger partial charge on any atom is -0.476 e. The molecule has 294 valence electrons. The zero-order chi connectivity index (χ0) is 40.3. The first-order valence-corrected chi connectivity index (χ1v) is 21.2. The Morgan fingerprint density at radius 3 is 2.11 bits per heavy atom. The third-order valence-electron chi connectivity index (χ3n) is 11.0. The average molecular weight is 800 g/mol. The number of nitriles is 1. The van der Waals surface area contributed by atoms with Gasteiger partial charge in [0.15, 0.2) is 5.11 Å². The average Bonchev–Trinajstić information content (AvgIpc) is 3.34. The van der Waals surface area contributed by atoms with Gasteiger partial charge in [-0.1, -0.05) is 87.5 Å². The number of ether oxygens (including phenoxy) is 1. The number of alkyl halides is 3. The molecular formula is C43H48F3N5O3SSi. The van der Waals surface area contributed by atoms with Crippen LogP contribution in [0.25, 0.3) is 0 Å². The van der Waals surface area contributed by atoms with Gasteiger partial charge in [0.25, 0.3) is 14.2 Å². The van der Waals surface area contributed by atoms with Crippen LogP contribution in [0, 0.1) is 17.2 Å². The highest BCUT2D eigenvalue weighted by molar-refractivity contribution is 7.80. The standard InChI is InChI=1S/C43H48F3N5O3SSi/c1-41(2,3)56(35-12-8-6-9-13-35,36-14-10-7-11-15-36)54-30-31-20-22-49(23-21-31)24-25-53-38-19-16-32(28-48-38)29-50-40(55)51(39(52)42(50,4)5)34-18-17-33(27-47)37(26-34)43(44,45)46/h6-19,26,28,31H,20-25,29-30H2,1-5H3. The molecule has 13 heteroatoms. The first-order chi connectivity index (χ1) is 26.6. The number of nitrogens with zero attached hydrogens (tertiary/aromatic N) is 5. The number of likely N-dealkylation sites (tertiary alicyclic amines) is 1. The molecule has 2 aliphatic heterocycles. The highest BCUT2D eigenvalue weighted by atomic mass is 32.1. The van der Waals surface area contributed by atoms with Gasteiger partial charge in [0.1, 0.15) is 12.1 Å². The Bertz CT molecular complexity index is 2010. The molecule has 0 spiro atoms. The summed E-state index contributed by atoms with van der Waals surface area (Å²) in [4.78, 5) is 23.2. The number of carbonyl (C=O) groups is 1. The summed E-state index contributed by atoms with van der Waals surface area (Å²) in [6.45, 7) is 14.4. The van der Waals surface area contributed by atoms with Crippen LogP contribution in [-0.4, -0.2) is 72.5 Å². The molecule has 56 heavy (non-hydrogen) atoms. The second-order valence-corrected chi connectivity index (χ2v) is 20.7. The van der Waals surface area contributed by atoms with E-state index in [1.807, 2.05) is 6.07 Å². The molecule has 2 aliphatic rings. The van der Waals surface area contributed by atoms with Gasteiger partial charge in [-0.05, 0) is 97.1 Å². The number of rotatable bonds is 12. The van der Waals surface area contributed by atoms with Crippen molar-refractivity contribution in [3.05, 3.63) is 114 Å². The van der Waals surface area contributed by atoms with E-state index in [9.17, 15) is 23.2 Å². The molecule has 4 aromatic rings. The summed E-state index contributed by atoms with van der Waals surface area (Å²) in [5.41, 5.74) is -2.08. The van der Waals surface area contributed by atoms with Crippen molar-refractivity contribution < 1.29 is 27.1 Å². The number of anilines is 1. The maximum atomic E-state index is 13.7. The Hall–Kier alpha value is -4.61. The number of thiocarbonyl (C=S) groups is 1. The quantitative estimate of drug-likeness (QED) is 0.107. The highest BCUT2D eigenvalue weighted by Crippen LogP contribution is 2.39. The maximum Gasteiger partial charge on any atom is 0.417 e. The summed E-state index contributed by atoms with van der Waals surface area (Å²) in [5, 5.41) is 11.8. The number of pyridine rings is 1. The van der Waals surface area contributed by atoms with E-state index in [0.29, 0.717) is 18.4 Å². The lowest BCUT2D eigenvalue weighted by molar-refractivity contribution is -0.137. The number of benzene rings is 3. The molecule has 0 atom stereocenters. The summed E-state index contributed by atoms with van der Waals surface area (Å²) in [5.74, 6) is 0.477. The monoisotopic (exact) mass is 799 g/mol. The number of aromatic nitrogens is 1. The number of carbonyl (C=O) groups excluding carboxylic acids is 1. The zero-order valence-corrected chi connectivity index (χ0v) is 34.3. The van der Waals surface area contributed by atoms with Gasteiger partial charge < -0.3 is 14.1 Å². The molecule has 1 aromatic heterocycles. The summed E-state index contributed by atoms with van der Waals surface area (Å²) in [6, 6.07) is 29.9. The van der Waals surface area contributed by atoms with E-state index in [0.717, 1.165) is 61.7 Å². The number of piperidine rings is 1. The van der Waals surface area contributed by atoms with Crippen LogP contribution in [0.1, 0.15) is 64.2 Å². The fourth-order valence-corrected chi connectivity index (χ4v) is 12.9. The lowest BCUT2D eigenvalue weighted by Gasteiger charge is -2.44. The second-order valence-electron chi connectivity index (χ2n) is 16.0. The van der Waals surface area contributed by atoms with Crippen LogP contribution >= 0.6 is 12.2 Å². The van der Waals surface area contributed by atoms with Gasteiger partial charge in [-0.2, -0.15) is 18.4 Å². The molecule has 0 unspecified atom stereocenters. The third-order valence-corrected chi connectivity index (χ3v) is 16.4. The van der Waals surface area contributed by atoms with Gasteiger partial charge in [0.2, 0.25) is 5.88 Å². The van der Waals surface area contributed by atoms with Crippen LogP contribution in [0.4, 0.5) is 18.9 Å². The summed E-state index contributed by atoms with van der Waals surface area (Å²) >= 11 is 5.64. The molecule has 6 rings (SSSR count). The minimum absolute atomic E-state index is 0.0447. The van der Waals surface area contributed by atoms with Gasteiger partial charge in [-0.15, -0.1) is 0 Å². The third kappa shape index (κ3) is 8.39. The van der Waals surface area contributed by atoms with Crippen LogP contribution in [0.3, 0.4) is 0 Å². The van der Waals surface area contributed by atoms with Gasteiger partial charge in [0.05, 0.1) is 22.9 Å². The van der Waals surface area contributed by atoms with Crippen LogP contribution in [0.2, 0.25) is 5.04 Å². The Morgan fingerprint density at radius 2 is 1.57 bits per heavy atom. The summed E-state index contributed by atoms with van der Waals surface area (Å²) in [6.07, 6.45) is -1.01. The molecule has 1 amide bonds. The van der Waals surface area contributed by atoms with E-state index in [2.05, 4.69) is 91.3 Å². The van der Waals surface area contributed by atoms with Crippen LogP contribution in [-0.2, 0) is 21.9 Å². The first-order valence-electron chi connectivity index (χ1n) is 18.9. The molecule has 0 saturated carbocycles. The molecule has 8 nitrogen and oxygen atoms in total. The van der Waals surface area contributed by atoms with Crippen molar-refractivity contribution in [2.75, 3.05) is 37.7 Å². The lowest BCUT2D eigenvalue weighted by atomic mass is 9.98. The fraction of sp³-hybridized carbons (Fsp3) is 0.395. The second kappa shape index (κ2) is 16.5. The van der Waals surface area contributed by atoms with Crippen molar-refractivity contribution in [1.29, 1.82) is 5.26 Å². The summed E-state index contributed by atoms with van der Waals surface area (Å²) < 4.78 is 54.3.